The summed E-state index contributed by atoms with van der Waals surface area (Å²) < 4.78 is 5.51. The standard InChI is InChI=1S/C16H14N2OS/c17-13-7-4-8-15(9-13)20-11-14-10-19-16(18-14)12-5-2-1-3-6-12/h1-10H,11,17H2. The van der Waals surface area contributed by atoms with Gasteiger partial charge in [0.15, 0.2) is 0 Å². The smallest absolute Gasteiger partial charge is 0.226 e. The molecule has 0 radical (unpaired) electrons. The average Bonchev–Trinajstić information content (AvgIpc) is 2.95. The van der Waals surface area contributed by atoms with Crippen LogP contribution in [-0.4, -0.2) is 4.98 Å². The molecule has 100 valence electrons. The van der Waals surface area contributed by atoms with E-state index in [0.717, 1.165) is 27.6 Å². The summed E-state index contributed by atoms with van der Waals surface area (Å²) >= 11 is 1.69. The maximum absolute atomic E-state index is 5.76. The molecule has 3 aromatic rings. The second kappa shape index (κ2) is 5.84. The van der Waals surface area contributed by atoms with E-state index in [1.54, 1.807) is 18.0 Å². The fourth-order valence-corrected chi connectivity index (χ4v) is 2.69. The quantitative estimate of drug-likeness (QED) is 0.575. The number of oxazole rings is 1. The lowest BCUT2D eigenvalue weighted by Crippen LogP contribution is -1.85. The van der Waals surface area contributed by atoms with Gasteiger partial charge in [0.25, 0.3) is 0 Å². The minimum Gasteiger partial charge on any atom is -0.444 e. The molecule has 0 unspecified atom stereocenters. The van der Waals surface area contributed by atoms with Crippen LogP contribution in [0, 0.1) is 0 Å². The first-order chi connectivity index (χ1) is 9.81. The molecular weight excluding hydrogens is 268 g/mol. The van der Waals surface area contributed by atoms with Gasteiger partial charge in [0.1, 0.15) is 6.26 Å². The zero-order valence-electron chi connectivity index (χ0n) is 10.8. The molecule has 0 saturated carbocycles. The van der Waals surface area contributed by atoms with Crippen molar-refractivity contribution in [2.75, 3.05) is 5.73 Å². The number of rotatable bonds is 4. The van der Waals surface area contributed by atoms with Crippen LogP contribution in [0.25, 0.3) is 11.5 Å². The molecular formula is C16H14N2OS. The van der Waals surface area contributed by atoms with E-state index in [-0.39, 0.29) is 0 Å². The maximum atomic E-state index is 5.76. The van der Waals surface area contributed by atoms with Crippen LogP contribution in [-0.2, 0) is 5.75 Å². The van der Waals surface area contributed by atoms with Crippen molar-refractivity contribution in [2.45, 2.75) is 10.6 Å². The Bertz CT molecular complexity index is 694. The molecule has 20 heavy (non-hydrogen) atoms. The number of hydrogen-bond acceptors (Lipinski definition) is 4. The molecule has 0 fully saturated rings. The van der Waals surface area contributed by atoms with Crippen molar-refractivity contribution >= 4 is 17.4 Å². The summed E-state index contributed by atoms with van der Waals surface area (Å²) in [6.45, 7) is 0. The fraction of sp³-hybridized carbons (Fsp3) is 0.0625. The van der Waals surface area contributed by atoms with Gasteiger partial charge in [-0.2, -0.15) is 0 Å². The first kappa shape index (κ1) is 12.8. The molecule has 3 nitrogen and oxygen atoms in total. The third-order valence-corrected chi connectivity index (χ3v) is 3.84. The molecule has 0 aliphatic carbocycles. The van der Waals surface area contributed by atoms with Crippen LogP contribution < -0.4 is 5.73 Å². The van der Waals surface area contributed by atoms with Crippen LogP contribution in [0.3, 0.4) is 0 Å². The third kappa shape index (κ3) is 3.03. The largest absolute Gasteiger partial charge is 0.444 e. The van der Waals surface area contributed by atoms with Gasteiger partial charge in [-0.25, -0.2) is 4.98 Å². The van der Waals surface area contributed by atoms with Crippen molar-refractivity contribution in [3.05, 3.63) is 66.6 Å². The zero-order valence-corrected chi connectivity index (χ0v) is 11.6. The average molecular weight is 282 g/mol. The number of nitrogen functional groups attached to an aromatic ring is 1. The van der Waals surface area contributed by atoms with Gasteiger partial charge in [0.05, 0.1) is 5.69 Å². The predicted octanol–water partition coefficient (Wildman–Crippen LogP) is 4.22. The molecule has 0 atom stereocenters. The number of nitrogens with two attached hydrogens (primary N) is 1. The Morgan fingerprint density at radius 1 is 1.05 bits per heavy atom. The molecule has 0 aliphatic rings. The molecule has 0 bridgehead atoms. The lowest BCUT2D eigenvalue weighted by atomic mass is 10.2. The lowest BCUT2D eigenvalue weighted by molar-refractivity contribution is 0.573. The summed E-state index contributed by atoms with van der Waals surface area (Å²) in [5.74, 6) is 1.42. The van der Waals surface area contributed by atoms with Crippen molar-refractivity contribution in [3.8, 4) is 11.5 Å². The molecule has 2 aromatic carbocycles. The van der Waals surface area contributed by atoms with Crippen LogP contribution in [0.4, 0.5) is 5.69 Å². The van der Waals surface area contributed by atoms with Crippen LogP contribution in [0.15, 0.2) is 70.2 Å². The number of thioether (sulfide) groups is 1. The molecule has 2 N–H and O–H groups in total. The highest BCUT2D eigenvalue weighted by atomic mass is 32.2. The second-order valence-electron chi connectivity index (χ2n) is 4.37. The molecule has 0 spiro atoms. The first-order valence-electron chi connectivity index (χ1n) is 6.29. The van der Waals surface area contributed by atoms with E-state index >= 15 is 0 Å². The van der Waals surface area contributed by atoms with Crippen LogP contribution in [0.1, 0.15) is 5.69 Å². The Hall–Kier alpha value is -2.20. The highest BCUT2D eigenvalue weighted by Crippen LogP contribution is 2.25. The van der Waals surface area contributed by atoms with Crippen molar-refractivity contribution in [1.29, 1.82) is 0 Å². The second-order valence-corrected chi connectivity index (χ2v) is 5.42. The summed E-state index contributed by atoms with van der Waals surface area (Å²) in [6.07, 6.45) is 1.71. The molecule has 0 amide bonds. The molecule has 0 aliphatic heterocycles. The van der Waals surface area contributed by atoms with Gasteiger partial charge in [-0.05, 0) is 30.3 Å². The van der Waals surface area contributed by atoms with E-state index in [1.165, 1.54) is 0 Å². The summed E-state index contributed by atoms with van der Waals surface area (Å²) in [5.41, 5.74) is 8.46. The van der Waals surface area contributed by atoms with Crippen LogP contribution in [0.2, 0.25) is 0 Å². The summed E-state index contributed by atoms with van der Waals surface area (Å²) in [7, 11) is 0. The summed E-state index contributed by atoms with van der Waals surface area (Å²) in [4.78, 5) is 5.63. The van der Waals surface area contributed by atoms with E-state index < -0.39 is 0 Å². The normalized spacial score (nSPS) is 10.6. The fourth-order valence-electron chi connectivity index (χ4n) is 1.85. The minimum absolute atomic E-state index is 0.661. The number of aromatic nitrogens is 1. The summed E-state index contributed by atoms with van der Waals surface area (Å²) in [5, 5.41) is 0. The van der Waals surface area contributed by atoms with Gasteiger partial charge in [-0.3, -0.25) is 0 Å². The van der Waals surface area contributed by atoms with E-state index in [9.17, 15) is 0 Å². The molecule has 4 heteroatoms. The van der Waals surface area contributed by atoms with Crippen molar-refractivity contribution in [3.63, 3.8) is 0 Å². The summed E-state index contributed by atoms with van der Waals surface area (Å²) in [6, 6.07) is 17.7. The molecule has 0 saturated heterocycles. The predicted molar refractivity (Wildman–Crippen MR) is 82.4 cm³/mol. The van der Waals surface area contributed by atoms with Gasteiger partial charge in [0, 0.05) is 21.9 Å². The maximum Gasteiger partial charge on any atom is 0.226 e. The van der Waals surface area contributed by atoms with Crippen molar-refractivity contribution < 1.29 is 4.42 Å². The van der Waals surface area contributed by atoms with Gasteiger partial charge in [0.2, 0.25) is 5.89 Å². The van der Waals surface area contributed by atoms with Crippen molar-refractivity contribution in [1.82, 2.24) is 4.98 Å². The Labute approximate surface area is 121 Å². The van der Waals surface area contributed by atoms with E-state index in [1.807, 2.05) is 54.6 Å². The third-order valence-electron chi connectivity index (χ3n) is 2.82. The molecule has 1 heterocycles. The number of hydrogen-bond donors (Lipinski definition) is 1. The molecule has 3 rings (SSSR count). The Morgan fingerprint density at radius 3 is 2.70 bits per heavy atom. The lowest BCUT2D eigenvalue weighted by Gasteiger charge is -1.99. The monoisotopic (exact) mass is 282 g/mol. The topological polar surface area (TPSA) is 52.0 Å². The number of anilines is 1. The first-order valence-corrected chi connectivity index (χ1v) is 7.28. The van der Waals surface area contributed by atoms with E-state index in [4.69, 9.17) is 10.2 Å². The van der Waals surface area contributed by atoms with Gasteiger partial charge >= 0.3 is 0 Å². The number of nitrogens with zero attached hydrogens (tertiary/aromatic N) is 1. The molecule has 1 aromatic heterocycles. The minimum atomic E-state index is 0.661. The van der Waals surface area contributed by atoms with Gasteiger partial charge in [-0.15, -0.1) is 11.8 Å². The zero-order chi connectivity index (χ0) is 13.8. The Kier molecular flexibility index (Phi) is 3.74. The van der Waals surface area contributed by atoms with Crippen LogP contribution >= 0.6 is 11.8 Å². The van der Waals surface area contributed by atoms with Crippen LogP contribution in [0.5, 0.6) is 0 Å². The highest BCUT2D eigenvalue weighted by molar-refractivity contribution is 7.98. The van der Waals surface area contributed by atoms with Crippen molar-refractivity contribution in [2.24, 2.45) is 0 Å². The van der Waals surface area contributed by atoms with E-state index in [2.05, 4.69) is 4.98 Å². The Morgan fingerprint density at radius 2 is 1.90 bits per heavy atom. The Balaban J connectivity index is 1.69. The highest BCUT2D eigenvalue weighted by Gasteiger charge is 2.06. The SMILES string of the molecule is Nc1cccc(SCc2coc(-c3ccccc3)n2)c1. The van der Waals surface area contributed by atoms with Gasteiger partial charge in [-0.1, -0.05) is 24.3 Å². The number of benzene rings is 2. The van der Waals surface area contributed by atoms with E-state index in [0.29, 0.717) is 5.89 Å². The van der Waals surface area contributed by atoms with Gasteiger partial charge < -0.3 is 10.2 Å².